The molecule has 0 aliphatic carbocycles. The fourth-order valence-electron chi connectivity index (χ4n) is 3.65. The van der Waals surface area contributed by atoms with Crippen LogP contribution in [-0.4, -0.2) is 33.2 Å². The lowest BCUT2D eigenvalue weighted by Crippen LogP contribution is -2.50. The topological polar surface area (TPSA) is 75.7 Å². The Morgan fingerprint density at radius 1 is 1.10 bits per heavy atom. The summed E-state index contributed by atoms with van der Waals surface area (Å²) in [4.78, 5) is 13.0. The van der Waals surface area contributed by atoms with Gasteiger partial charge in [-0.25, -0.2) is 8.42 Å². The van der Waals surface area contributed by atoms with Crippen molar-refractivity contribution < 1.29 is 17.9 Å². The molecule has 0 fully saturated rings. The van der Waals surface area contributed by atoms with Gasteiger partial charge in [-0.15, -0.1) is 0 Å². The predicted octanol–water partition coefficient (Wildman–Crippen LogP) is 3.32. The normalized spacial score (nSPS) is 17.3. The molecular formula is C22H28N2O4S. The Morgan fingerprint density at radius 3 is 2.41 bits per heavy atom. The van der Waals surface area contributed by atoms with E-state index >= 15 is 0 Å². The Balaban J connectivity index is 1.85. The molecule has 7 heteroatoms. The summed E-state index contributed by atoms with van der Waals surface area (Å²) < 4.78 is 31.7. The Bertz CT molecular complexity index is 1060. The van der Waals surface area contributed by atoms with Crippen molar-refractivity contribution >= 4 is 21.6 Å². The van der Waals surface area contributed by atoms with Crippen molar-refractivity contribution in [2.75, 3.05) is 17.1 Å². The second-order valence-corrected chi connectivity index (χ2v) is 9.80. The van der Waals surface area contributed by atoms with Gasteiger partial charge in [-0.2, -0.15) is 0 Å². The smallest absolute Gasteiger partial charge is 0.263 e. The molecule has 156 valence electrons. The molecule has 1 heterocycles. The van der Waals surface area contributed by atoms with Crippen molar-refractivity contribution in [3.8, 4) is 5.75 Å². The number of carbonyl (C=O) groups excluding carboxylic acids is 1. The van der Waals surface area contributed by atoms with Crippen molar-refractivity contribution in [1.82, 2.24) is 5.32 Å². The fourth-order valence-corrected chi connectivity index (χ4v) is 4.56. The van der Waals surface area contributed by atoms with Gasteiger partial charge in [0, 0.05) is 0 Å². The van der Waals surface area contributed by atoms with E-state index in [4.69, 9.17) is 4.74 Å². The van der Waals surface area contributed by atoms with E-state index in [0.717, 1.165) is 28.5 Å². The minimum Gasteiger partial charge on any atom is -0.476 e. The molecule has 0 saturated heterocycles. The lowest BCUT2D eigenvalue weighted by atomic mass is 9.96. The Labute approximate surface area is 172 Å². The van der Waals surface area contributed by atoms with E-state index in [1.54, 1.807) is 12.1 Å². The molecule has 0 bridgehead atoms. The zero-order valence-electron chi connectivity index (χ0n) is 17.7. The Hall–Kier alpha value is -2.54. The molecule has 3 rings (SSSR count). The number of hydrogen-bond donors (Lipinski definition) is 1. The van der Waals surface area contributed by atoms with E-state index in [1.807, 2.05) is 33.8 Å². The average Bonchev–Trinajstić information content (AvgIpc) is 2.62. The third-order valence-electron chi connectivity index (χ3n) is 5.39. The third kappa shape index (κ3) is 4.40. The van der Waals surface area contributed by atoms with Gasteiger partial charge in [-0.05, 0) is 74.6 Å². The number of fused-ring (bicyclic) bond motifs is 1. The third-order valence-corrected chi connectivity index (χ3v) is 6.53. The first kappa shape index (κ1) is 21.2. The van der Waals surface area contributed by atoms with Crippen molar-refractivity contribution in [3.63, 3.8) is 0 Å². The van der Waals surface area contributed by atoms with Crippen LogP contribution in [0.2, 0.25) is 0 Å². The van der Waals surface area contributed by atoms with Gasteiger partial charge >= 0.3 is 0 Å². The van der Waals surface area contributed by atoms with Gasteiger partial charge in [0.25, 0.3) is 5.91 Å². The summed E-state index contributed by atoms with van der Waals surface area (Å²) in [5.74, 6) is 0.0628. The maximum atomic E-state index is 13.0. The van der Waals surface area contributed by atoms with Gasteiger partial charge in [0.1, 0.15) is 5.75 Å². The van der Waals surface area contributed by atoms with Gasteiger partial charge in [-0.3, -0.25) is 9.10 Å². The first-order chi connectivity index (χ1) is 13.5. The molecule has 29 heavy (non-hydrogen) atoms. The number of benzene rings is 2. The lowest BCUT2D eigenvalue weighted by molar-refractivity contribution is -0.128. The summed E-state index contributed by atoms with van der Waals surface area (Å²) in [6, 6.07) is 9.25. The largest absolute Gasteiger partial charge is 0.476 e. The van der Waals surface area contributed by atoms with Crippen LogP contribution >= 0.6 is 0 Å². The number of sulfonamides is 1. The molecule has 0 saturated carbocycles. The summed E-state index contributed by atoms with van der Waals surface area (Å²) >= 11 is 0. The quantitative estimate of drug-likeness (QED) is 0.830. The van der Waals surface area contributed by atoms with Gasteiger partial charge in [0.2, 0.25) is 10.0 Å². The number of ether oxygens (including phenoxy) is 1. The molecule has 2 aromatic carbocycles. The monoisotopic (exact) mass is 416 g/mol. The van der Waals surface area contributed by atoms with Crippen molar-refractivity contribution in [3.05, 3.63) is 58.1 Å². The van der Waals surface area contributed by atoms with Crippen LogP contribution in [-0.2, 0) is 14.8 Å². The highest BCUT2D eigenvalue weighted by molar-refractivity contribution is 7.92. The highest BCUT2D eigenvalue weighted by atomic mass is 32.2. The Morgan fingerprint density at radius 2 is 1.76 bits per heavy atom. The van der Waals surface area contributed by atoms with E-state index < -0.39 is 16.1 Å². The predicted molar refractivity (Wildman–Crippen MR) is 115 cm³/mol. The highest BCUT2D eigenvalue weighted by Gasteiger charge is 2.35. The number of nitrogens with zero attached hydrogens (tertiary/aromatic N) is 1. The number of anilines is 1. The second-order valence-electron chi connectivity index (χ2n) is 7.90. The van der Waals surface area contributed by atoms with Crippen molar-refractivity contribution in [2.45, 2.75) is 46.8 Å². The number of rotatable bonds is 4. The van der Waals surface area contributed by atoms with E-state index in [1.165, 1.54) is 9.87 Å². The first-order valence-electron chi connectivity index (χ1n) is 9.60. The Kier molecular flexibility index (Phi) is 5.63. The zero-order chi connectivity index (χ0) is 21.5. The molecule has 0 aromatic heterocycles. The van der Waals surface area contributed by atoms with Crippen LogP contribution in [0, 0.1) is 27.7 Å². The maximum absolute atomic E-state index is 13.0. The van der Waals surface area contributed by atoms with Crippen LogP contribution in [0.25, 0.3) is 0 Å². The molecule has 1 aliphatic rings. The maximum Gasteiger partial charge on any atom is 0.263 e. The zero-order valence-corrected chi connectivity index (χ0v) is 18.6. The minimum atomic E-state index is -3.54. The average molecular weight is 417 g/mol. The van der Waals surface area contributed by atoms with E-state index in [2.05, 4.69) is 24.4 Å². The van der Waals surface area contributed by atoms with Crippen molar-refractivity contribution in [2.24, 2.45) is 0 Å². The number of amides is 1. The van der Waals surface area contributed by atoms with Gasteiger partial charge in [0.15, 0.2) is 6.10 Å². The molecule has 0 spiro atoms. The van der Waals surface area contributed by atoms with E-state index in [-0.39, 0.29) is 18.5 Å². The molecule has 0 radical (unpaired) electrons. The first-order valence-corrected chi connectivity index (χ1v) is 11.5. The van der Waals surface area contributed by atoms with Gasteiger partial charge in [0.05, 0.1) is 24.5 Å². The van der Waals surface area contributed by atoms with Gasteiger partial charge in [-0.1, -0.05) is 18.2 Å². The van der Waals surface area contributed by atoms with E-state index in [0.29, 0.717) is 11.4 Å². The molecule has 2 atom stereocenters. The lowest BCUT2D eigenvalue weighted by Gasteiger charge is -2.34. The standard InChI is InChI=1S/C22H28N2O4S/c1-13-7-8-19-20(9-13)28-21(12-24(19)29(6,26)27)22(25)23-17(5)18-11-15(3)14(2)10-16(18)4/h7-11,17,21H,12H2,1-6H3,(H,23,25)/t17-,21+/m0/s1. The summed E-state index contributed by atoms with van der Waals surface area (Å²) in [5.41, 5.74) is 5.89. The van der Waals surface area contributed by atoms with Crippen LogP contribution in [0.4, 0.5) is 5.69 Å². The summed E-state index contributed by atoms with van der Waals surface area (Å²) in [7, 11) is -3.54. The van der Waals surface area contributed by atoms with Crippen LogP contribution in [0.5, 0.6) is 5.75 Å². The number of carbonyl (C=O) groups is 1. The second kappa shape index (κ2) is 7.71. The molecular weight excluding hydrogens is 388 g/mol. The molecule has 2 aromatic rings. The SMILES string of the molecule is Cc1ccc2c(c1)O[C@@H](C(=O)N[C@@H](C)c1cc(C)c(C)cc1C)CN2S(C)(=O)=O. The number of hydrogen-bond acceptors (Lipinski definition) is 4. The van der Waals surface area contributed by atoms with Crippen LogP contribution < -0.4 is 14.4 Å². The van der Waals surface area contributed by atoms with E-state index in [9.17, 15) is 13.2 Å². The van der Waals surface area contributed by atoms with Crippen LogP contribution in [0.15, 0.2) is 30.3 Å². The van der Waals surface area contributed by atoms with Crippen molar-refractivity contribution in [1.29, 1.82) is 0 Å². The van der Waals surface area contributed by atoms with Crippen LogP contribution in [0.1, 0.15) is 40.8 Å². The molecule has 1 aliphatic heterocycles. The molecule has 0 unspecified atom stereocenters. The summed E-state index contributed by atoms with van der Waals surface area (Å²) in [6.45, 7) is 9.88. The molecule has 6 nitrogen and oxygen atoms in total. The number of aryl methyl sites for hydroxylation is 4. The van der Waals surface area contributed by atoms with Gasteiger partial charge < -0.3 is 10.1 Å². The fraction of sp³-hybridized carbons (Fsp3) is 0.409. The summed E-state index contributed by atoms with van der Waals surface area (Å²) in [6.07, 6.45) is 0.214. The molecule has 1 amide bonds. The highest BCUT2D eigenvalue weighted by Crippen LogP contribution is 2.36. The number of nitrogens with one attached hydrogen (secondary N) is 1. The minimum absolute atomic E-state index is 0.0562. The summed E-state index contributed by atoms with van der Waals surface area (Å²) in [5, 5.41) is 2.99. The molecule has 1 N–H and O–H groups in total. The van der Waals surface area contributed by atoms with Crippen LogP contribution in [0.3, 0.4) is 0 Å².